The summed E-state index contributed by atoms with van der Waals surface area (Å²) in [7, 11) is 1.78. The summed E-state index contributed by atoms with van der Waals surface area (Å²) in [5.74, 6) is -1.20. The second-order valence-corrected chi connectivity index (χ2v) is 6.41. The lowest BCUT2D eigenvalue weighted by molar-refractivity contribution is 0.544. The van der Waals surface area contributed by atoms with Gasteiger partial charge in [-0.1, -0.05) is 41.5 Å². The van der Waals surface area contributed by atoms with E-state index in [4.69, 9.17) is 11.6 Å². The zero-order chi connectivity index (χ0) is 18.7. The van der Waals surface area contributed by atoms with E-state index in [-0.39, 0.29) is 5.56 Å². The van der Waals surface area contributed by atoms with Crippen LogP contribution in [0.3, 0.4) is 0 Å². The summed E-state index contributed by atoms with van der Waals surface area (Å²) in [6.45, 7) is 7.62. The minimum Gasteiger partial charge on any atom is -0.342 e. The Morgan fingerprint density at radius 1 is 1.12 bits per heavy atom. The highest BCUT2D eigenvalue weighted by Gasteiger charge is 2.28. The number of rotatable bonds is 3. The van der Waals surface area contributed by atoms with Gasteiger partial charge in [0.05, 0.1) is 22.0 Å². The molecule has 0 spiro atoms. The first-order chi connectivity index (χ1) is 11.8. The molecule has 0 unspecified atom stereocenters. The monoisotopic (exact) mass is 361 g/mol. The highest BCUT2D eigenvalue weighted by Crippen LogP contribution is 2.41. The lowest BCUT2D eigenvalue weighted by atomic mass is 9.93. The third kappa shape index (κ3) is 3.62. The lowest BCUT2D eigenvalue weighted by Crippen LogP contribution is -2.24. The van der Waals surface area contributed by atoms with Crippen LogP contribution in [0.5, 0.6) is 0 Å². The number of nitrogens with zero attached hydrogens (tertiary/aromatic N) is 1. The molecular weight excluding hydrogens is 340 g/mol. The van der Waals surface area contributed by atoms with Gasteiger partial charge in [-0.05, 0) is 51.5 Å². The first-order valence-corrected chi connectivity index (χ1v) is 8.48. The predicted molar refractivity (Wildman–Crippen MR) is 102 cm³/mol. The summed E-state index contributed by atoms with van der Waals surface area (Å²) in [5.41, 5.74) is 3.65. The van der Waals surface area contributed by atoms with Crippen molar-refractivity contribution < 1.29 is 8.78 Å². The molecule has 1 aromatic rings. The van der Waals surface area contributed by atoms with Crippen molar-refractivity contribution in [2.24, 2.45) is 0 Å². The van der Waals surface area contributed by atoms with Crippen LogP contribution in [0.2, 0.25) is 0 Å². The molecule has 1 aliphatic rings. The lowest BCUT2D eigenvalue weighted by Gasteiger charge is -2.33. The molecule has 1 aliphatic heterocycles. The van der Waals surface area contributed by atoms with Gasteiger partial charge in [0.2, 0.25) is 0 Å². The van der Waals surface area contributed by atoms with Crippen molar-refractivity contribution in [3.63, 3.8) is 0 Å². The molecule has 25 heavy (non-hydrogen) atoms. The van der Waals surface area contributed by atoms with Gasteiger partial charge in [-0.25, -0.2) is 8.78 Å². The zero-order valence-corrected chi connectivity index (χ0v) is 15.9. The van der Waals surface area contributed by atoms with Crippen LogP contribution < -0.4 is 0 Å². The maximum atomic E-state index is 14.6. The smallest absolute Gasteiger partial charge is 0.135 e. The standard InChI is InChI=1S/C21H22ClF2N/c1-6-9-14(7-2)15-12-16(22)20(13(3)4)25(5)21(15)19-17(23)10-8-11-18(19)24/h6-12H,1-5H3/b9-6-,14-7+. The molecule has 1 nitrogen and oxygen atoms in total. The van der Waals surface area contributed by atoms with Crippen LogP contribution in [0.1, 0.15) is 33.3 Å². The fourth-order valence-corrected chi connectivity index (χ4v) is 3.48. The average Bonchev–Trinajstić information content (AvgIpc) is 2.53. The van der Waals surface area contributed by atoms with Gasteiger partial charge < -0.3 is 4.90 Å². The van der Waals surface area contributed by atoms with Gasteiger partial charge in [0, 0.05) is 12.6 Å². The van der Waals surface area contributed by atoms with Crippen LogP contribution in [-0.4, -0.2) is 11.9 Å². The summed E-state index contributed by atoms with van der Waals surface area (Å²) >= 11 is 6.49. The van der Waals surface area contributed by atoms with Crippen molar-refractivity contribution in [2.45, 2.75) is 27.7 Å². The summed E-state index contributed by atoms with van der Waals surface area (Å²) < 4.78 is 29.1. The Hall–Kier alpha value is -2.13. The fourth-order valence-electron chi connectivity index (χ4n) is 3.06. The van der Waals surface area contributed by atoms with E-state index in [9.17, 15) is 8.78 Å². The second-order valence-electron chi connectivity index (χ2n) is 6.00. The van der Waals surface area contributed by atoms with Gasteiger partial charge in [0.25, 0.3) is 0 Å². The fraction of sp³-hybridized carbons (Fsp3) is 0.238. The average molecular weight is 362 g/mol. The highest BCUT2D eigenvalue weighted by atomic mass is 35.5. The SMILES string of the molecule is C/C=C\C(=C/C)C1=C(c2c(F)cccc2F)N(C)C(=C(C)C)C(Cl)=C1. The molecule has 0 radical (unpaired) electrons. The molecule has 0 saturated carbocycles. The van der Waals surface area contributed by atoms with E-state index in [0.717, 1.165) is 16.8 Å². The van der Waals surface area contributed by atoms with E-state index in [1.807, 2.05) is 45.9 Å². The van der Waals surface area contributed by atoms with E-state index in [2.05, 4.69) is 0 Å². The molecule has 0 bridgehead atoms. The molecule has 0 saturated heterocycles. The first kappa shape index (κ1) is 19.2. The second kappa shape index (κ2) is 7.83. The molecule has 0 aromatic heterocycles. The van der Waals surface area contributed by atoms with Crippen LogP contribution in [0.25, 0.3) is 5.70 Å². The molecular formula is C21H22ClF2N. The maximum absolute atomic E-state index is 14.6. The summed E-state index contributed by atoms with van der Waals surface area (Å²) in [4.78, 5) is 1.77. The largest absolute Gasteiger partial charge is 0.342 e. The Labute approximate surface area is 153 Å². The molecule has 1 heterocycles. The van der Waals surface area contributed by atoms with Crippen molar-refractivity contribution in [1.29, 1.82) is 0 Å². The predicted octanol–water partition coefficient (Wildman–Crippen LogP) is 6.56. The molecule has 0 aliphatic carbocycles. The molecule has 0 fully saturated rings. The van der Waals surface area contributed by atoms with Crippen molar-refractivity contribution in [2.75, 3.05) is 7.05 Å². The van der Waals surface area contributed by atoms with Crippen LogP contribution in [0, 0.1) is 11.6 Å². The van der Waals surface area contributed by atoms with Crippen LogP contribution >= 0.6 is 11.6 Å². The minimum atomic E-state index is -0.602. The molecule has 1 aromatic carbocycles. The topological polar surface area (TPSA) is 3.24 Å². The minimum absolute atomic E-state index is 0.0528. The van der Waals surface area contributed by atoms with Gasteiger partial charge in [0.1, 0.15) is 11.6 Å². The Morgan fingerprint density at radius 3 is 2.20 bits per heavy atom. The maximum Gasteiger partial charge on any atom is 0.135 e. The van der Waals surface area contributed by atoms with Crippen molar-refractivity contribution >= 4 is 17.3 Å². The normalized spacial score (nSPS) is 16.0. The number of halogens is 3. The molecule has 132 valence electrons. The number of likely N-dealkylation sites (N-methyl/N-ethyl adjacent to an activating group) is 1. The Balaban J connectivity index is 2.92. The summed E-state index contributed by atoms with van der Waals surface area (Å²) in [6.07, 6.45) is 7.46. The number of benzene rings is 1. The highest BCUT2D eigenvalue weighted by molar-refractivity contribution is 6.32. The van der Waals surface area contributed by atoms with E-state index < -0.39 is 11.6 Å². The van der Waals surface area contributed by atoms with Gasteiger partial charge in [-0.3, -0.25) is 0 Å². The van der Waals surface area contributed by atoms with E-state index >= 15 is 0 Å². The molecule has 0 atom stereocenters. The molecule has 0 amide bonds. The Kier molecular flexibility index (Phi) is 6.02. The number of hydrogen-bond donors (Lipinski definition) is 0. The first-order valence-electron chi connectivity index (χ1n) is 8.10. The summed E-state index contributed by atoms with van der Waals surface area (Å²) in [5, 5.41) is 0.543. The molecule has 0 N–H and O–H groups in total. The third-order valence-corrected chi connectivity index (χ3v) is 4.35. The van der Waals surface area contributed by atoms with Gasteiger partial charge in [-0.15, -0.1) is 0 Å². The van der Waals surface area contributed by atoms with E-state index in [1.54, 1.807) is 18.0 Å². The quantitative estimate of drug-likeness (QED) is 0.551. The van der Waals surface area contributed by atoms with Gasteiger partial charge in [-0.2, -0.15) is 0 Å². The molecule has 4 heteroatoms. The van der Waals surface area contributed by atoms with Crippen LogP contribution in [0.15, 0.2) is 70.0 Å². The number of allylic oxidation sites excluding steroid dienone is 8. The van der Waals surface area contributed by atoms with E-state index in [0.29, 0.717) is 16.3 Å². The van der Waals surface area contributed by atoms with Gasteiger partial charge >= 0.3 is 0 Å². The summed E-state index contributed by atoms with van der Waals surface area (Å²) in [6, 6.07) is 3.90. The van der Waals surface area contributed by atoms with Crippen molar-refractivity contribution in [1.82, 2.24) is 4.90 Å². The van der Waals surface area contributed by atoms with Gasteiger partial charge in [0.15, 0.2) is 0 Å². The third-order valence-electron chi connectivity index (χ3n) is 4.06. The number of hydrogen-bond acceptors (Lipinski definition) is 1. The van der Waals surface area contributed by atoms with Crippen LogP contribution in [0.4, 0.5) is 8.78 Å². The van der Waals surface area contributed by atoms with E-state index in [1.165, 1.54) is 18.2 Å². The van der Waals surface area contributed by atoms with Crippen LogP contribution in [-0.2, 0) is 0 Å². The Morgan fingerprint density at radius 2 is 1.72 bits per heavy atom. The van der Waals surface area contributed by atoms with Crippen molar-refractivity contribution in [3.8, 4) is 0 Å². The zero-order valence-electron chi connectivity index (χ0n) is 15.1. The molecule has 2 rings (SSSR count). The van der Waals surface area contributed by atoms with Crippen molar-refractivity contribution in [3.05, 3.63) is 87.1 Å². The Bertz CT molecular complexity index is 817.